The zero-order valence-electron chi connectivity index (χ0n) is 17.4. The molecule has 1 aliphatic rings. The fourth-order valence-electron chi connectivity index (χ4n) is 4.03. The van der Waals surface area contributed by atoms with Crippen LogP contribution in [0.1, 0.15) is 35.6 Å². The van der Waals surface area contributed by atoms with Crippen LogP contribution >= 0.6 is 15.9 Å². The lowest BCUT2D eigenvalue weighted by atomic mass is 9.99. The van der Waals surface area contributed by atoms with E-state index in [0.29, 0.717) is 0 Å². The summed E-state index contributed by atoms with van der Waals surface area (Å²) in [5, 5.41) is 3.07. The Kier molecular flexibility index (Phi) is 7.39. The molecule has 0 atom stereocenters. The Labute approximate surface area is 192 Å². The average Bonchev–Trinajstić information content (AvgIpc) is 2.80. The zero-order chi connectivity index (χ0) is 21.5. The van der Waals surface area contributed by atoms with Gasteiger partial charge in [0.25, 0.3) is 0 Å². The van der Waals surface area contributed by atoms with Crippen LogP contribution in [0.4, 0.5) is 4.79 Å². The van der Waals surface area contributed by atoms with Crippen molar-refractivity contribution >= 4 is 22.0 Å². The molecule has 160 valence electrons. The number of piperidine rings is 1. The number of hydrogen-bond donors (Lipinski definition) is 1. The molecule has 0 radical (unpaired) electrons. The van der Waals surface area contributed by atoms with Crippen LogP contribution in [-0.2, 0) is 11.3 Å². The molecule has 5 heteroatoms. The van der Waals surface area contributed by atoms with E-state index >= 15 is 0 Å². The number of ether oxygens (including phenoxy) is 1. The van der Waals surface area contributed by atoms with Crippen LogP contribution in [0.2, 0.25) is 0 Å². The minimum atomic E-state index is -0.358. The second-order valence-corrected chi connectivity index (χ2v) is 8.83. The standard InChI is InChI=1S/C26H27BrN2O2/c27-23-13-7-8-20(18-23)19-29-16-14-24(15-17-29)31-26(30)28-25(21-9-3-1-4-10-21)22-11-5-2-6-12-22/h1-13,18,24-25H,14-17,19H2,(H,28,30). The predicted octanol–water partition coefficient (Wildman–Crippen LogP) is 5.93. The van der Waals surface area contributed by atoms with Crippen LogP contribution in [0.15, 0.2) is 89.4 Å². The second-order valence-electron chi connectivity index (χ2n) is 7.91. The number of nitrogens with zero attached hydrogens (tertiary/aromatic N) is 1. The van der Waals surface area contributed by atoms with Crippen molar-refractivity contribution in [3.63, 3.8) is 0 Å². The minimum Gasteiger partial charge on any atom is -0.446 e. The number of alkyl carbamates (subject to hydrolysis) is 1. The van der Waals surface area contributed by atoms with Gasteiger partial charge in [0.2, 0.25) is 0 Å². The number of rotatable bonds is 6. The highest BCUT2D eigenvalue weighted by atomic mass is 79.9. The number of carbonyl (C=O) groups excluding carboxylic acids is 1. The minimum absolute atomic E-state index is 0.0500. The summed E-state index contributed by atoms with van der Waals surface area (Å²) in [5.41, 5.74) is 3.36. The number of likely N-dealkylation sites (tertiary alicyclic amines) is 1. The van der Waals surface area contributed by atoms with Crippen molar-refractivity contribution in [2.75, 3.05) is 13.1 Å². The van der Waals surface area contributed by atoms with Crippen LogP contribution in [-0.4, -0.2) is 30.2 Å². The van der Waals surface area contributed by atoms with E-state index in [1.54, 1.807) is 0 Å². The van der Waals surface area contributed by atoms with Crippen LogP contribution in [0.5, 0.6) is 0 Å². The van der Waals surface area contributed by atoms with Crippen molar-refractivity contribution in [1.82, 2.24) is 10.2 Å². The third-order valence-corrected chi connectivity index (χ3v) is 6.12. The van der Waals surface area contributed by atoms with Crippen LogP contribution in [0, 0.1) is 0 Å². The van der Waals surface area contributed by atoms with E-state index in [1.165, 1.54) is 5.56 Å². The van der Waals surface area contributed by atoms with E-state index in [2.05, 4.69) is 44.3 Å². The molecule has 0 bridgehead atoms. The molecular weight excluding hydrogens is 452 g/mol. The molecule has 0 aliphatic carbocycles. The fourth-order valence-corrected chi connectivity index (χ4v) is 4.48. The lowest BCUT2D eigenvalue weighted by Crippen LogP contribution is -2.40. The number of amides is 1. The summed E-state index contributed by atoms with van der Waals surface area (Å²) in [5.74, 6) is 0. The summed E-state index contributed by atoms with van der Waals surface area (Å²) in [6.07, 6.45) is 1.29. The molecule has 4 nitrogen and oxygen atoms in total. The molecule has 0 aromatic heterocycles. The quantitative estimate of drug-likeness (QED) is 0.477. The van der Waals surface area contributed by atoms with Gasteiger partial charge in [0, 0.05) is 24.1 Å². The van der Waals surface area contributed by atoms with Gasteiger partial charge in [-0.05, 0) is 41.7 Å². The Balaban J connectivity index is 1.32. The third kappa shape index (κ3) is 6.18. The fraction of sp³-hybridized carbons (Fsp3) is 0.269. The largest absolute Gasteiger partial charge is 0.446 e. The van der Waals surface area contributed by atoms with Crippen molar-refractivity contribution in [3.05, 3.63) is 106 Å². The van der Waals surface area contributed by atoms with Gasteiger partial charge in [0.15, 0.2) is 0 Å². The van der Waals surface area contributed by atoms with Gasteiger partial charge < -0.3 is 10.1 Å². The van der Waals surface area contributed by atoms with Gasteiger partial charge in [-0.1, -0.05) is 88.7 Å². The van der Waals surface area contributed by atoms with E-state index in [4.69, 9.17) is 4.74 Å². The second kappa shape index (κ2) is 10.6. The van der Waals surface area contributed by atoms with Gasteiger partial charge in [0.05, 0.1) is 6.04 Å². The summed E-state index contributed by atoms with van der Waals surface area (Å²) in [7, 11) is 0. The maximum atomic E-state index is 12.7. The van der Waals surface area contributed by atoms with Crippen LogP contribution < -0.4 is 5.32 Å². The SMILES string of the molecule is O=C(NC(c1ccccc1)c1ccccc1)OC1CCN(Cc2cccc(Br)c2)CC1. The lowest BCUT2D eigenvalue weighted by molar-refractivity contribution is 0.0476. The van der Waals surface area contributed by atoms with E-state index in [-0.39, 0.29) is 18.2 Å². The Bertz CT molecular complexity index is 933. The maximum absolute atomic E-state index is 12.7. The number of carbonyl (C=O) groups is 1. The zero-order valence-corrected chi connectivity index (χ0v) is 19.0. The van der Waals surface area contributed by atoms with E-state index in [9.17, 15) is 4.79 Å². The monoisotopic (exact) mass is 478 g/mol. The molecule has 0 unspecified atom stereocenters. The third-order valence-electron chi connectivity index (χ3n) is 5.63. The normalized spacial score (nSPS) is 15.0. The Morgan fingerprint density at radius 3 is 2.13 bits per heavy atom. The summed E-state index contributed by atoms with van der Waals surface area (Å²) < 4.78 is 6.90. The first-order chi connectivity index (χ1) is 15.2. The Hall–Kier alpha value is -2.63. The van der Waals surface area contributed by atoms with E-state index in [0.717, 1.165) is 48.1 Å². The highest BCUT2D eigenvalue weighted by Gasteiger charge is 2.24. The van der Waals surface area contributed by atoms with Gasteiger partial charge in [-0.25, -0.2) is 4.79 Å². The molecule has 1 amide bonds. The van der Waals surface area contributed by atoms with E-state index < -0.39 is 0 Å². The highest BCUT2D eigenvalue weighted by Crippen LogP contribution is 2.23. The summed E-state index contributed by atoms with van der Waals surface area (Å²) in [6.45, 7) is 2.76. The number of nitrogens with one attached hydrogen (secondary N) is 1. The van der Waals surface area contributed by atoms with Crippen molar-refractivity contribution in [3.8, 4) is 0 Å². The predicted molar refractivity (Wildman–Crippen MR) is 127 cm³/mol. The summed E-state index contributed by atoms with van der Waals surface area (Å²) >= 11 is 3.53. The molecule has 1 N–H and O–H groups in total. The number of benzene rings is 3. The van der Waals surface area contributed by atoms with Crippen LogP contribution in [0.3, 0.4) is 0 Å². The number of hydrogen-bond acceptors (Lipinski definition) is 3. The van der Waals surface area contributed by atoms with Gasteiger partial charge in [-0.15, -0.1) is 0 Å². The molecule has 1 heterocycles. The first-order valence-electron chi connectivity index (χ1n) is 10.7. The van der Waals surface area contributed by atoms with Crippen molar-refractivity contribution in [2.24, 2.45) is 0 Å². The summed E-state index contributed by atoms with van der Waals surface area (Å²) in [4.78, 5) is 15.1. The van der Waals surface area contributed by atoms with Gasteiger partial charge in [-0.2, -0.15) is 0 Å². The lowest BCUT2D eigenvalue weighted by Gasteiger charge is -2.32. The van der Waals surface area contributed by atoms with Gasteiger partial charge in [-0.3, -0.25) is 4.90 Å². The first kappa shape index (κ1) is 21.6. The van der Waals surface area contributed by atoms with Crippen molar-refractivity contribution in [2.45, 2.75) is 31.5 Å². The van der Waals surface area contributed by atoms with E-state index in [1.807, 2.05) is 66.7 Å². The van der Waals surface area contributed by atoms with Gasteiger partial charge >= 0.3 is 6.09 Å². The van der Waals surface area contributed by atoms with Crippen LogP contribution in [0.25, 0.3) is 0 Å². The molecule has 31 heavy (non-hydrogen) atoms. The van der Waals surface area contributed by atoms with Gasteiger partial charge in [0.1, 0.15) is 6.10 Å². The maximum Gasteiger partial charge on any atom is 0.408 e. The van der Waals surface area contributed by atoms with Crippen molar-refractivity contribution in [1.29, 1.82) is 0 Å². The van der Waals surface area contributed by atoms with Crippen molar-refractivity contribution < 1.29 is 9.53 Å². The molecular formula is C26H27BrN2O2. The topological polar surface area (TPSA) is 41.6 Å². The molecule has 1 fully saturated rings. The first-order valence-corrected chi connectivity index (χ1v) is 11.5. The molecule has 3 aromatic carbocycles. The average molecular weight is 479 g/mol. The smallest absolute Gasteiger partial charge is 0.408 e. The summed E-state index contributed by atoms with van der Waals surface area (Å²) in [6, 6.07) is 28.2. The molecule has 0 spiro atoms. The number of halogens is 1. The Morgan fingerprint density at radius 2 is 1.55 bits per heavy atom. The molecule has 3 aromatic rings. The molecule has 0 saturated carbocycles. The highest BCUT2D eigenvalue weighted by molar-refractivity contribution is 9.10. The Morgan fingerprint density at radius 1 is 0.935 bits per heavy atom. The molecule has 4 rings (SSSR count). The molecule has 1 aliphatic heterocycles. The molecule has 1 saturated heterocycles.